The van der Waals surface area contributed by atoms with Gasteiger partial charge in [0.25, 0.3) is 0 Å². The first-order valence-electron chi connectivity index (χ1n) is 9.73. The van der Waals surface area contributed by atoms with Crippen molar-refractivity contribution in [2.45, 2.75) is 32.6 Å². The topological polar surface area (TPSA) is 65.5 Å². The molecule has 0 bridgehead atoms. The number of nitrogens with zero attached hydrogens (tertiary/aromatic N) is 3. The molecule has 0 unspecified atom stereocenters. The Morgan fingerprint density at radius 1 is 1.22 bits per heavy atom. The van der Waals surface area contributed by atoms with Crippen molar-refractivity contribution in [2.24, 2.45) is 0 Å². The highest BCUT2D eigenvalue weighted by atomic mass is 32.1. The lowest BCUT2D eigenvalue weighted by Crippen LogP contribution is -2.46. The van der Waals surface area contributed by atoms with Gasteiger partial charge in [-0.15, -0.1) is 11.3 Å². The highest BCUT2D eigenvalue weighted by molar-refractivity contribution is 7.18. The van der Waals surface area contributed by atoms with E-state index in [0.717, 1.165) is 31.4 Å². The van der Waals surface area contributed by atoms with Crippen LogP contribution >= 0.6 is 11.3 Å². The van der Waals surface area contributed by atoms with Crippen LogP contribution in [-0.4, -0.2) is 65.9 Å². The molecule has 1 aliphatic rings. The molecule has 1 saturated heterocycles. The van der Waals surface area contributed by atoms with E-state index in [1.165, 1.54) is 9.71 Å². The number of hydrogen-bond acceptors (Lipinski definition) is 5. The molecule has 146 valence electrons. The predicted molar refractivity (Wildman–Crippen MR) is 109 cm³/mol. The highest BCUT2D eigenvalue weighted by Crippen LogP contribution is 2.33. The van der Waals surface area contributed by atoms with Crippen molar-refractivity contribution in [3.05, 3.63) is 29.3 Å². The standard InChI is InChI=1S/C20H28N4O2S/c1-3-21-18(25)13-23(4-2)14-19(26)24-11-9-15(10-12-24)20-22-16-7-5-6-8-17(16)27-20/h5-8,15H,3-4,9-14H2,1-2H3,(H,21,25). The van der Waals surface area contributed by atoms with Crippen LogP contribution in [0.15, 0.2) is 24.3 Å². The van der Waals surface area contributed by atoms with E-state index in [-0.39, 0.29) is 18.4 Å². The molecule has 0 aliphatic carbocycles. The van der Waals surface area contributed by atoms with Crippen molar-refractivity contribution in [3.63, 3.8) is 0 Å². The Balaban J connectivity index is 1.51. The van der Waals surface area contributed by atoms with Crippen molar-refractivity contribution in [1.82, 2.24) is 20.1 Å². The van der Waals surface area contributed by atoms with Crippen molar-refractivity contribution < 1.29 is 9.59 Å². The molecule has 0 radical (unpaired) electrons. The van der Waals surface area contributed by atoms with Crippen LogP contribution in [0.2, 0.25) is 0 Å². The minimum atomic E-state index is -0.0262. The molecular weight excluding hydrogens is 360 g/mol. The normalized spacial score (nSPS) is 15.4. The molecule has 2 amide bonds. The molecule has 0 atom stereocenters. The summed E-state index contributed by atoms with van der Waals surface area (Å²) in [6.45, 7) is 7.28. The number of para-hydroxylation sites is 1. The number of rotatable bonds is 7. The number of likely N-dealkylation sites (tertiary alicyclic amines) is 1. The number of fused-ring (bicyclic) bond motifs is 1. The summed E-state index contributed by atoms with van der Waals surface area (Å²) in [4.78, 5) is 33.0. The number of nitrogens with one attached hydrogen (secondary N) is 1. The van der Waals surface area contributed by atoms with Gasteiger partial charge in [-0.25, -0.2) is 4.98 Å². The Morgan fingerprint density at radius 2 is 1.96 bits per heavy atom. The minimum absolute atomic E-state index is 0.0262. The lowest BCUT2D eigenvalue weighted by molar-refractivity contribution is -0.134. The molecule has 27 heavy (non-hydrogen) atoms. The first-order valence-corrected chi connectivity index (χ1v) is 10.5. The molecule has 1 fully saturated rings. The number of carbonyl (C=O) groups is 2. The predicted octanol–water partition coefficient (Wildman–Crippen LogP) is 2.46. The molecule has 1 aromatic carbocycles. The van der Waals surface area contributed by atoms with Gasteiger partial charge in [-0.05, 0) is 38.4 Å². The number of piperidine rings is 1. The van der Waals surface area contributed by atoms with E-state index in [1.54, 1.807) is 11.3 Å². The number of likely N-dealkylation sites (N-methyl/N-ethyl adjacent to an activating group) is 2. The van der Waals surface area contributed by atoms with E-state index in [2.05, 4.69) is 17.4 Å². The maximum atomic E-state index is 12.6. The Labute approximate surface area is 164 Å². The molecule has 2 aromatic rings. The van der Waals surface area contributed by atoms with Crippen molar-refractivity contribution in [2.75, 3.05) is 39.3 Å². The fraction of sp³-hybridized carbons (Fsp3) is 0.550. The zero-order chi connectivity index (χ0) is 19.2. The van der Waals surface area contributed by atoms with Crippen LogP contribution in [0, 0.1) is 0 Å². The Morgan fingerprint density at radius 3 is 2.63 bits per heavy atom. The van der Waals surface area contributed by atoms with Gasteiger partial charge in [-0.1, -0.05) is 19.1 Å². The van der Waals surface area contributed by atoms with Gasteiger partial charge in [0.1, 0.15) is 0 Å². The van der Waals surface area contributed by atoms with Crippen LogP contribution in [-0.2, 0) is 9.59 Å². The molecule has 0 saturated carbocycles. The van der Waals surface area contributed by atoms with E-state index >= 15 is 0 Å². The van der Waals surface area contributed by atoms with Gasteiger partial charge < -0.3 is 10.2 Å². The van der Waals surface area contributed by atoms with E-state index in [0.29, 0.717) is 25.6 Å². The molecule has 2 heterocycles. The molecule has 3 rings (SSSR count). The Bertz CT molecular complexity index is 750. The number of thiazole rings is 1. The molecule has 1 aromatic heterocycles. The summed E-state index contributed by atoms with van der Waals surface area (Å²) < 4.78 is 1.23. The summed E-state index contributed by atoms with van der Waals surface area (Å²) in [6.07, 6.45) is 1.90. The molecule has 1 aliphatic heterocycles. The smallest absolute Gasteiger partial charge is 0.236 e. The summed E-state index contributed by atoms with van der Waals surface area (Å²) >= 11 is 1.77. The van der Waals surface area contributed by atoms with E-state index in [1.807, 2.05) is 35.8 Å². The van der Waals surface area contributed by atoms with Crippen LogP contribution in [0.4, 0.5) is 0 Å². The zero-order valence-corrected chi connectivity index (χ0v) is 16.9. The first kappa shape index (κ1) is 19.8. The number of benzene rings is 1. The van der Waals surface area contributed by atoms with Crippen LogP contribution in [0.5, 0.6) is 0 Å². The van der Waals surface area contributed by atoms with Gasteiger partial charge in [-0.3, -0.25) is 14.5 Å². The van der Waals surface area contributed by atoms with Crippen LogP contribution < -0.4 is 5.32 Å². The lowest BCUT2D eigenvalue weighted by Gasteiger charge is -2.32. The quantitative estimate of drug-likeness (QED) is 0.791. The van der Waals surface area contributed by atoms with Gasteiger partial charge in [0.2, 0.25) is 11.8 Å². The number of amides is 2. The van der Waals surface area contributed by atoms with Gasteiger partial charge in [0.05, 0.1) is 28.3 Å². The molecule has 0 spiro atoms. The summed E-state index contributed by atoms with van der Waals surface area (Å²) in [5.74, 6) is 0.523. The van der Waals surface area contributed by atoms with Gasteiger partial charge in [0.15, 0.2) is 0 Å². The second-order valence-corrected chi connectivity index (χ2v) is 7.99. The average Bonchev–Trinajstić information content (AvgIpc) is 3.12. The number of carbonyl (C=O) groups excluding carboxylic acids is 2. The minimum Gasteiger partial charge on any atom is -0.355 e. The second-order valence-electron chi connectivity index (χ2n) is 6.93. The third-order valence-electron chi connectivity index (χ3n) is 5.05. The van der Waals surface area contributed by atoms with Crippen molar-refractivity contribution in [1.29, 1.82) is 0 Å². The van der Waals surface area contributed by atoms with Crippen molar-refractivity contribution in [3.8, 4) is 0 Å². The van der Waals surface area contributed by atoms with Crippen LogP contribution in [0.1, 0.15) is 37.6 Å². The average molecular weight is 389 g/mol. The Hall–Kier alpha value is -1.99. The maximum Gasteiger partial charge on any atom is 0.236 e. The second kappa shape index (κ2) is 9.28. The van der Waals surface area contributed by atoms with Gasteiger partial charge in [0, 0.05) is 25.6 Å². The van der Waals surface area contributed by atoms with E-state index in [9.17, 15) is 9.59 Å². The monoisotopic (exact) mass is 388 g/mol. The fourth-order valence-corrected chi connectivity index (χ4v) is 4.60. The van der Waals surface area contributed by atoms with Gasteiger partial charge >= 0.3 is 0 Å². The van der Waals surface area contributed by atoms with E-state index in [4.69, 9.17) is 4.98 Å². The number of hydrogen-bond donors (Lipinski definition) is 1. The summed E-state index contributed by atoms with van der Waals surface area (Å²) in [5.41, 5.74) is 1.07. The third-order valence-corrected chi connectivity index (χ3v) is 6.25. The molecule has 7 heteroatoms. The molecular formula is C20H28N4O2S. The zero-order valence-electron chi connectivity index (χ0n) is 16.1. The largest absolute Gasteiger partial charge is 0.355 e. The third kappa shape index (κ3) is 5.05. The SMILES string of the molecule is CCNC(=O)CN(CC)CC(=O)N1CCC(c2nc3ccccc3s2)CC1. The first-order chi connectivity index (χ1) is 13.1. The van der Waals surface area contributed by atoms with Crippen LogP contribution in [0.25, 0.3) is 10.2 Å². The van der Waals surface area contributed by atoms with Crippen LogP contribution in [0.3, 0.4) is 0 Å². The summed E-state index contributed by atoms with van der Waals surface area (Å²) in [6, 6.07) is 8.24. The van der Waals surface area contributed by atoms with E-state index < -0.39 is 0 Å². The lowest BCUT2D eigenvalue weighted by atomic mass is 9.97. The summed E-state index contributed by atoms with van der Waals surface area (Å²) in [7, 11) is 0. The van der Waals surface area contributed by atoms with Crippen molar-refractivity contribution >= 4 is 33.4 Å². The Kier molecular flexibility index (Phi) is 6.79. The van der Waals surface area contributed by atoms with Gasteiger partial charge in [-0.2, -0.15) is 0 Å². The molecule has 1 N–H and O–H groups in total. The fourth-order valence-electron chi connectivity index (χ4n) is 3.47. The highest BCUT2D eigenvalue weighted by Gasteiger charge is 2.26. The summed E-state index contributed by atoms with van der Waals surface area (Å²) in [5, 5.41) is 3.98. The maximum absolute atomic E-state index is 12.6. The molecule has 6 nitrogen and oxygen atoms in total. The number of aromatic nitrogens is 1.